The Morgan fingerprint density at radius 1 is 1.14 bits per heavy atom. The highest BCUT2D eigenvalue weighted by Crippen LogP contribution is 2.24. The Bertz CT molecular complexity index is 1110. The number of aromatic nitrogens is 3. The van der Waals surface area contributed by atoms with E-state index in [0.717, 1.165) is 78.7 Å². The van der Waals surface area contributed by atoms with Crippen LogP contribution in [-0.2, 0) is 19.4 Å². The van der Waals surface area contributed by atoms with E-state index in [4.69, 9.17) is 0 Å². The fourth-order valence-electron chi connectivity index (χ4n) is 4.47. The van der Waals surface area contributed by atoms with Crippen molar-refractivity contribution in [2.45, 2.75) is 45.1 Å². The van der Waals surface area contributed by atoms with Gasteiger partial charge in [0.25, 0.3) is 11.5 Å². The maximum Gasteiger partial charge on any atom is 0.267 e. The summed E-state index contributed by atoms with van der Waals surface area (Å²) in [7, 11) is 0. The number of thiazole rings is 1. The zero-order chi connectivity index (χ0) is 19.8. The Labute approximate surface area is 173 Å². The maximum atomic E-state index is 12.9. The van der Waals surface area contributed by atoms with Gasteiger partial charge in [0.2, 0.25) is 0 Å². The number of carbonyl (C=O) groups excluding carboxylic acids is 1. The Kier molecular flexibility index (Phi) is 4.91. The third kappa shape index (κ3) is 3.71. The summed E-state index contributed by atoms with van der Waals surface area (Å²) < 4.78 is 2.70. The largest absolute Gasteiger partial charge is 0.339 e. The zero-order valence-corrected chi connectivity index (χ0v) is 17.2. The first-order valence-electron chi connectivity index (χ1n) is 10.4. The standard InChI is InChI=1S/C22H24N4O2S/c27-21-12-16-3-1-2-4-18(16)24-26(21)13-15-7-9-25(10-8-15)22(28)17-5-6-19-20(11-17)29-14-23-19/h5-6,11-12,14-15H,1-4,7-10,13H2. The summed E-state index contributed by atoms with van der Waals surface area (Å²) in [6, 6.07) is 7.51. The van der Waals surface area contributed by atoms with Crippen LogP contribution in [0.4, 0.5) is 0 Å². The Hall–Kier alpha value is -2.54. The monoisotopic (exact) mass is 408 g/mol. The average molecular weight is 409 g/mol. The molecular weight excluding hydrogens is 384 g/mol. The third-order valence-corrected chi connectivity index (χ3v) is 6.98. The number of aryl methyl sites for hydroxylation is 2. The molecule has 5 rings (SSSR count). The van der Waals surface area contributed by atoms with Crippen LogP contribution in [0.15, 0.2) is 34.6 Å². The van der Waals surface area contributed by atoms with Gasteiger partial charge in [-0.15, -0.1) is 11.3 Å². The van der Waals surface area contributed by atoms with E-state index in [-0.39, 0.29) is 11.5 Å². The quantitative estimate of drug-likeness (QED) is 0.667. The summed E-state index contributed by atoms with van der Waals surface area (Å²) in [6.07, 6.45) is 6.07. The predicted molar refractivity (Wildman–Crippen MR) is 113 cm³/mol. The summed E-state index contributed by atoms with van der Waals surface area (Å²) in [5, 5.41) is 4.65. The zero-order valence-electron chi connectivity index (χ0n) is 16.3. The highest BCUT2D eigenvalue weighted by atomic mass is 32.1. The van der Waals surface area contributed by atoms with Gasteiger partial charge in [0, 0.05) is 31.3 Å². The summed E-state index contributed by atoms with van der Waals surface area (Å²) in [5.41, 5.74) is 5.72. The third-order valence-electron chi connectivity index (χ3n) is 6.18. The second-order valence-electron chi connectivity index (χ2n) is 8.11. The molecule has 2 aliphatic rings. The normalized spacial score (nSPS) is 17.4. The van der Waals surface area contributed by atoms with E-state index in [2.05, 4.69) is 10.1 Å². The van der Waals surface area contributed by atoms with Crippen molar-refractivity contribution in [3.8, 4) is 0 Å². The van der Waals surface area contributed by atoms with Gasteiger partial charge in [-0.25, -0.2) is 9.67 Å². The topological polar surface area (TPSA) is 68.1 Å². The summed E-state index contributed by atoms with van der Waals surface area (Å²) >= 11 is 1.56. The van der Waals surface area contributed by atoms with E-state index >= 15 is 0 Å². The first-order valence-corrected chi connectivity index (χ1v) is 11.3. The second kappa shape index (κ2) is 7.71. The van der Waals surface area contributed by atoms with Crippen LogP contribution in [0.5, 0.6) is 0 Å². The molecule has 0 saturated carbocycles. The number of rotatable bonds is 3. The van der Waals surface area contributed by atoms with Crippen molar-refractivity contribution in [2.24, 2.45) is 5.92 Å². The van der Waals surface area contributed by atoms with Crippen molar-refractivity contribution in [1.29, 1.82) is 0 Å². The number of hydrogen-bond donors (Lipinski definition) is 0. The van der Waals surface area contributed by atoms with Crippen molar-refractivity contribution < 1.29 is 4.79 Å². The molecule has 3 aromatic rings. The second-order valence-corrected chi connectivity index (χ2v) is 9.00. The van der Waals surface area contributed by atoms with Gasteiger partial charge in [0.15, 0.2) is 0 Å². The molecule has 3 heterocycles. The van der Waals surface area contributed by atoms with Crippen LogP contribution in [0, 0.1) is 5.92 Å². The van der Waals surface area contributed by atoms with Crippen molar-refractivity contribution in [3.05, 3.63) is 57.0 Å². The van der Waals surface area contributed by atoms with E-state index in [1.54, 1.807) is 27.6 Å². The lowest BCUT2D eigenvalue weighted by Gasteiger charge is -2.32. The molecule has 1 saturated heterocycles. The summed E-state index contributed by atoms with van der Waals surface area (Å²) in [4.78, 5) is 31.5. The van der Waals surface area contributed by atoms with Gasteiger partial charge in [-0.3, -0.25) is 9.59 Å². The Balaban J connectivity index is 1.23. The number of nitrogens with zero attached hydrogens (tertiary/aromatic N) is 4. The molecule has 1 aliphatic carbocycles. The summed E-state index contributed by atoms with van der Waals surface area (Å²) in [5.74, 6) is 0.470. The molecule has 150 valence electrons. The van der Waals surface area contributed by atoms with Crippen LogP contribution >= 0.6 is 11.3 Å². The number of piperidine rings is 1. The Morgan fingerprint density at radius 3 is 2.83 bits per heavy atom. The number of amides is 1. The van der Waals surface area contributed by atoms with E-state index in [1.807, 2.05) is 23.1 Å². The SMILES string of the molecule is O=C(c1ccc2ncsc2c1)N1CCC(Cn2nc3c(cc2=O)CCCC3)CC1. The molecule has 0 unspecified atom stereocenters. The van der Waals surface area contributed by atoms with Crippen molar-refractivity contribution in [3.63, 3.8) is 0 Å². The van der Waals surface area contributed by atoms with Crippen LogP contribution in [0.2, 0.25) is 0 Å². The van der Waals surface area contributed by atoms with Crippen LogP contribution in [0.25, 0.3) is 10.2 Å². The minimum Gasteiger partial charge on any atom is -0.339 e. The van der Waals surface area contributed by atoms with Crippen LogP contribution in [-0.4, -0.2) is 38.7 Å². The van der Waals surface area contributed by atoms with Gasteiger partial charge in [-0.1, -0.05) is 0 Å². The van der Waals surface area contributed by atoms with Gasteiger partial charge in [-0.05, 0) is 68.2 Å². The molecule has 0 spiro atoms. The van der Waals surface area contributed by atoms with Crippen LogP contribution < -0.4 is 5.56 Å². The molecule has 0 bridgehead atoms. The molecule has 1 amide bonds. The number of likely N-dealkylation sites (tertiary alicyclic amines) is 1. The first-order chi connectivity index (χ1) is 14.2. The van der Waals surface area contributed by atoms with Gasteiger partial charge in [-0.2, -0.15) is 5.10 Å². The molecule has 2 aromatic heterocycles. The van der Waals surface area contributed by atoms with Crippen LogP contribution in [0.1, 0.15) is 47.3 Å². The molecular formula is C22H24N4O2S. The molecule has 1 fully saturated rings. The van der Waals surface area contributed by atoms with E-state index in [1.165, 1.54) is 0 Å². The first kappa shape index (κ1) is 18.5. The minimum atomic E-state index is 0.0158. The molecule has 29 heavy (non-hydrogen) atoms. The van der Waals surface area contributed by atoms with E-state index < -0.39 is 0 Å². The molecule has 1 aliphatic heterocycles. The molecule has 1 aromatic carbocycles. The molecule has 6 nitrogen and oxygen atoms in total. The van der Waals surface area contributed by atoms with E-state index in [9.17, 15) is 9.59 Å². The van der Waals surface area contributed by atoms with Gasteiger partial charge in [0.05, 0.1) is 21.4 Å². The smallest absolute Gasteiger partial charge is 0.267 e. The minimum absolute atomic E-state index is 0.0158. The lowest BCUT2D eigenvalue weighted by Crippen LogP contribution is -2.40. The van der Waals surface area contributed by atoms with Crippen LogP contribution in [0.3, 0.4) is 0 Å². The summed E-state index contributed by atoms with van der Waals surface area (Å²) in [6.45, 7) is 2.11. The highest BCUT2D eigenvalue weighted by molar-refractivity contribution is 7.16. The van der Waals surface area contributed by atoms with Crippen molar-refractivity contribution >= 4 is 27.5 Å². The molecule has 0 radical (unpaired) electrons. The lowest BCUT2D eigenvalue weighted by molar-refractivity contribution is 0.0680. The predicted octanol–water partition coefficient (Wildman–Crippen LogP) is 3.28. The van der Waals surface area contributed by atoms with Crippen molar-refractivity contribution in [2.75, 3.05) is 13.1 Å². The van der Waals surface area contributed by atoms with Gasteiger partial charge >= 0.3 is 0 Å². The molecule has 7 heteroatoms. The fourth-order valence-corrected chi connectivity index (χ4v) is 5.18. The highest BCUT2D eigenvalue weighted by Gasteiger charge is 2.25. The maximum absolute atomic E-state index is 12.9. The van der Waals surface area contributed by atoms with Gasteiger partial charge in [0.1, 0.15) is 0 Å². The fraction of sp³-hybridized carbons (Fsp3) is 0.455. The van der Waals surface area contributed by atoms with E-state index in [0.29, 0.717) is 12.5 Å². The lowest BCUT2D eigenvalue weighted by atomic mass is 9.95. The molecule has 0 N–H and O–H groups in total. The number of fused-ring (bicyclic) bond motifs is 2. The van der Waals surface area contributed by atoms with Crippen molar-refractivity contribution in [1.82, 2.24) is 19.7 Å². The molecule has 0 atom stereocenters. The number of carbonyl (C=O) groups is 1. The number of hydrogen-bond acceptors (Lipinski definition) is 5. The Morgan fingerprint density at radius 2 is 1.97 bits per heavy atom. The average Bonchev–Trinajstić information content (AvgIpc) is 3.22. The van der Waals surface area contributed by atoms with Gasteiger partial charge < -0.3 is 4.90 Å². The number of benzene rings is 1.